The number of halogens is 4. The molecule has 0 radical (unpaired) electrons. The van der Waals surface area contributed by atoms with Gasteiger partial charge < -0.3 is 9.26 Å². The van der Waals surface area contributed by atoms with Gasteiger partial charge in [0, 0.05) is 10.0 Å². The quantitative estimate of drug-likeness (QED) is 0.749. The zero-order valence-electron chi connectivity index (χ0n) is 10.9. The van der Waals surface area contributed by atoms with Crippen molar-refractivity contribution in [3.8, 4) is 11.3 Å². The summed E-state index contributed by atoms with van der Waals surface area (Å²) in [5.74, 6) is -0.553. The van der Waals surface area contributed by atoms with Gasteiger partial charge in [0.25, 0.3) is 0 Å². The molecule has 21 heavy (non-hydrogen) atoms. The van der Waals surface area contributed by atoms with E-state index in [9.17, 15) is 18.0 Å². The Morgan fingerprint density at radius 1 is 1.33 bits per heavy atom. The van der Waals surface area contributed by atoms with Crippen LogP contribution < -0.4 is 0 Å². The largest absolute Gasteiger partial charge is 0.465 e. The molecule has 2 rings (SSSR count). The Morgan fingerprint density at radius 3 is 2.57 bits per heavy atom. The summed E-state index contributed by atoms with van der Waals surface area (Å²) in [6, 6.07) is 3.25. The Morgan fingerprint density at radius 2 is 2.00 bits per heavy atom. The zero-order valence-corrected chi connectivity index (χ0v) is 12.5. The number of carbonyl (C=O) groups is 1. The van der Waals surface area contributed by atoms with E-state index in [0.29, 0.717) is 0 Å². The molecule has 0 atom stereocenters. The van der Waals surface area contributed by atoms with Crippen molar-refractivity contribution in [1.29, 1.82) is 0 Å². The summed E-state index contributed by atoms with van der Waals surface area (Å²) in [7, 11) is 1.17. The van der Waals surface area contributed by atoms with E-state index in [-0.39, 0.29) is 27.1 Å². The van der Waals surface area contributed by atoms with Crippen LogP contribution in [0, 0.1) is 6.92 Å². The molecule has 1 heterocycles. The molecule has 0 aliphatic heterocycles. The second-order valence-electron chi connectivity index (χ2n) is 4.18. The molecule has 0 spiro atoms. The average molecular weight is 364 g/mol. The molecular weight excluding hydrogens is 355 g/mol. The Bertz CT molecular complexity index is 694. The number of esters is 1. The van der Waals surface area contributed by atoms with Gasteiger partial charge >= 0.3 is 12.1 Å². The average Bonchev–Trinajstić information content (AvgIpc) is 2.78. The number of aryl methyl sites for hydroxylation is 1. The second kappa shape index (κ2) is 5.51. The van der Waals surface area contributed by atoms with Crippen molar-refractivity contribution >= 4 is 21.9 Å². The van der Waals surface area contributed by atoms with Crippen molar-refractivity contribution in [3.63, 3.8) is 0 Å². The van der Waals surface area contributed by atoms with Crippen LogP contribution in [0.5, 0.6) is 0 Å². The lowest BCUT2D eigenvalue weighted by Gasteiger charge is -2.09. The van der Waals surface area contributed by atoms with Crippen molar-refractivity contribution in [2.75, 3.05) is 7.11 Å². The van der Waals surface area contributed by atoms with Crippen molar-refractivity contribution < 1.29 is 27.2 Å². The van der Waals surface area contributed by atoms with E-state index >= 15 is 0 Å². The maximum atomic E-state index is 12.8. The number of ether oxygens (including phenoxy) is 1. The first-order chi connectivity index (χ1) is 9.74. The monoisotopic (exact) mass is 363 g/mol. The lowest BCUT2D eigenvalue weighted by Crippen LogP contribution is -2.06. The molecule has 0 N–H and O–H groups in total. The first kappa shape index (κ1) is 15.6. The molecule has 0 fully saturated rings. The summed E-state index contributed by atoms with van der Waals surface area (Å²) >= 11 is 3.01. The van der Waals surface area contributed by atoms with Crippen LogP contribution in [-0.4, -0.2) is 18.2 Å². The minimum Gasteiger partial charge on any atom is -0.465 e. The van der Waals surface area contributed by atoms with Crippen LogP contribution in [0.1, 0.15) is 21.7 Å². The Kier molecular flexibility index (Phi) is 4.08. The molecule has 1 aromatic heterocycles. The molecule has 2 aromatic rings. The van der Waals surface area contributed by atoms with Gasteiger partial charge in [0.15, 0.2) is 0 Å². The van der Waals surface area contributed by atoms with E-state index in [0.717, 1.165) is 12.1 Å². The summed E-state index contributed by atoms with van der Waals surface area (Å²) in [5.41, 5.74) is -0.743. The van der Waals surface area contributed by atoms with Crippen molar-refractivity contribution in [1.82, 2.24) is 5.16 Å². The maximum absolute atomic E-state index is 12.8. The highest BCUT2D eigenvalue weighted by molar-refractivity contribution is 9.10. The number of rotatable bonds is 2. The van der Waals surface area contributed by atoms with Crippen LogP contribution in [0.3, 0.4) is 0 Å². The number of hydrogen-bond donors (Lipinski definition) is 0. The van der Waals surface area contributed by atoms with Crippen molar-refractivity contribution in [2.45, 2.75) is 13.1 Å². The molecule has 4 nitrogen and oxygen atoms in total. The summed E-state index contributed by atoms with van der Waals surface area (Å²) in [6.45, 7) is 1.48. The van der Waals surface area contributed by atoms with E-state index in [2.05, 4.69) is 25.8 Å². The Hall–Kier alpha value is -1.83. The predicted molar refractivity (Wildman–Crippen MR) is 70.7 cm³/mol. The topological polar surface area (TPSA) is 52.3 Å². The van der Waals surface area contributed by atoms with Gasteiger partial charge in [-0.2, -0.15) is 13.2 Å². The molecule has 0 saturated carbocycles. The summed E-state index contributed by atoms with van der Waals surface area (Å²) < 4.78 is 48.2. The fraction of sp³-hybridized carbons (Fsp3) is 0.231. The Balaban J connectivity index is 2.63. The number of nitrogens with zero attached hydrogens (tertiary/aromatic N) is 1. The summed E-state index contributed by atoms with van der Waals surface area (Å²) in [4.78, 5) is 11.7. The van der Waals surface area contributed by atoms with Crippen LogP contribution in [0.4, 0.5) is 13.2 Å². The second-order valence-corrected chi connectivity index (χ2v) is 5.10. The molecule has 112 valence electrons. The van der Waals surface area contributed by atoms with Gasteiger partial charge in [-0.15, -0.1) is 0 Å². The van der Waals surface area contributed by atoms with E-state index in [4.69, 9.17) is 4.52 Å². The number of benzene rings is 1. The minimum atomic E-state index is -4.51. The summed E-state index contributed by atoms with van der Waals surface area (Å²) in [5, 5.41) is 3.66. The normalized spacial score (nSPS) is 11.5. The van der Waals surface area contributed by atoms with E-state index < -0.39 is 17.7 Å². The van der Waals surface area contributed by atoms with Gasteiger partial charge in [-0.25, -0.2) is 4.79 Å². The third-order valence-electron chi connectivity index (χ3n) is 2.75. The fourth-order valence-corrected chi connectivity index (χ4v) is 2.29. The number of alkyl halides is 3. The molecule has 0 amide bonds. The number of methoxy groups -OCH3 is 1. The molecule has 1 aromatic carbocycles. The zero-order chi connectivity index (χ0) is 15.8. The molecular formula is C13H9BrF3NO3. The van der Waals surface area contributed by atoms with Gasteiger partial charge in [-0.1, -0.05) is 21.1 Å². The third-order valence-corrected chi connectivity index (χ3v) is 3.21. The van der Waals surface area contributed by atoms with Gasteiger partial charge in [0.1, 0.15) is 17.0 Å². The van der Waals surface area contributed by atoms with Gasteiger partial charge in [0.05, 0.1) is 12.7 Å². The number of aromatic nitrogens is 1. The molecule has 0 unspecified atom stereocenters. The SMILES string of the molecule is COC(=O)c1c(-c2cc(Br)cc(C(F)(F)F)c2)noc1C. The van der Waals surface area contributed by atoms with Gasteiger partial charge in [0.2, 0.25) is 0 Å². The molecule has 0 saturated heterocycles. The lowest BCUT2D eigenvalue weighted by atomic mass is 10.0. The van der Waals surface area contributed by atoms with Gasteiger partial charge in [-0.3, -0.25) is 0 Å². The standard InChI is InChI=1S/C13H9BrF3NO3/c1-6-10(12(19)20-2)11(18-21-6)7-3-8(13(15,16)17)5-9(14)4-7/h3-5H,1-2H3. The number of carbonyl (C=O) groups excluding carboxylic acids is 1. The highest BCUT2D eigenvalue weighted by Crippen LogP contribution is 2.36. The van der Waals surface area contributed by atoms with Crippen molar-refractivity contribution in [2.24, 2.45) is 0 Å². The smallest absolute Gasteiger partial charge is 0.416 e. The molecule has 0 aliphatic rings. The van der Waals surface area contributed by atoms with E-state index in [1.54, 1.807) is 0 Å². The maximum Gasteiger partial charge on any atom is 0.416 e. The lowest BCUT2D eigenvalue weighted by molar-refractivity contribution is -0.137. The van der Waals surface area contributed by atoms with Crippen LogP contribution in [0.25, 0.3) is 11.3 Å². The third kappa shape index (κ3) is 3.10. The molecule has 0 aliphatic carbocycles. The highest BCUT2D eigenvalue weighted by atomic mass is 79.9. The van der Waals surface area contributed by atoms with Crippen LogP contribution >= 0.6 is 15.9 Å². The predicted octanol–water partition coefficient (Wildman–Crippen LogP) is 4.22. The fourth-order valence-electron chi connectivity index (χ4n) is 1.80. The summed E-state index contributed by atoms with van der Waals surface area (Å²) in [6.07, 6.45) is -4.51. The molecule has 0 bridgehead atoms. The van der Waals surface area contributed by atoms with E-state index in [1.807, 2.05) is 0 Å². The van der Waals surface area contributed by atoms with Gasteiger partial charge in [-0.05, 0) is 25.1 Å². The minimum absolute atomic E-state index is 0.00345. The van der Waals surface area contributed by atoms with Crippen LogP contribution in [0.15, 0.2) is 27.2 Å². The highest BCUT2D eigenvalue weighted by Gasteiger charge is 2.32. The van der Waals surface area contributed by atoms with Crippen molar-refractivity contribution in [3.05, 3.63) is 39.6 Å². The van der Waals surface area contributed by atoms with E-state index in [1.165, 1.54) is 20.1 Å². The number of hydrogen-bond acceptors (Lipinski definition) is 4. The van der Waals surface area contributed by atoms with Crippen LogP contribution in [0.2, 0.25) is 0 Å². The Labute approximate surface area is 126 Å². The molecule has 8 heteroatoms. The first-order valence-corrected chi connectivity index (χ1v) is 6.46. The first-order valence-electron chi connectivity index (χ1n) is 5.66. The van der Waals surface area contributed by atoms with Crippen LogP contribution in [-0.2, 0) is 10.9 Å².